The van der Waals surface area contributed by atoms with E-state index in [9.17, 15) is 0 Å². The number of hydrogen-bond donors (Lipinski definition) is 0. The molecule has 8 rings (SSSR count). The van der Waals surface area contributed by atoms with E-state index in [0.29, 0.717) is 11.6 Å². The number of benzene rings is 6. The Balaban J connectivity index is 1.31. The van der Waals surface area contributed by atoms with Crippen molar-refractivity contribution in [1.29, 1.82) is 0 Å². The summed E-state index contributed by atoms with van der Waals surface area (Å²) in [5, 5.41) is 4.15. The van der Waals surface area contributed by atoms with Gasteiger partial charge in [-0.15, -0.1) is 0 Å². The van der Waals surface area contributed by atoms with Gasteiger partial charge < -0.3 is 0 Å². The molecule has 0 atom stereocenters. The van der Waals surface area contributed by atoms with Gasteiger partial charge in [-0.1, -0.05) is 127 Å². The predicted octanol–water partition coefficient (Wildman–Crippen LogP) is 9.39. The van der Waals surface area contributed by atoms with Gasteiger partial charge in [0, 0.05) is 33.7 Å². The van der Waals surface area contributed by atoms with Gasteiger partial charge in [0.25, 0.3) is 0 Å². The van der Waals surface area contributed by atoms with Crippen molar-refractivity contribution in [3.63, 3.8) is 0 Å². The number of nitrogens with zero attached hydrogens (tertiary/aromatic N) is 4. The zero-order valence-corrected chi connectivity index (χ0v) is 22.6. The smallest absolute Gasteiger partial charge is 0.161 e. The van der Waals surface area contributed by atoms with Crippen molar-refractivity contribution >= 4 is 32.6 Å². The van der Waals surface area contributed by atoms with Crippen molar-refractivity contribution in [3.05, 3.63) is 146 Å². The maximum absolute atomic E-state index is 5.17. The average Bonchev–Trinajstić information content (AvgIpc) is 3.08. The number of aromatic nitrogens is 4. The van der Waals surface area contributed by atoms with E-state index >= 15 is 0 Å². The largest absolute Gasteiger partial charge is 0.236 e. The minimum Gasteiger partial charge on any atom is -0.236 e. The first kappa shape index (κ1) is 24.1. The second-order valence-electron chi connectivity index (χ2n) is 10.3. The lowest BCUT2D eigenvalue weighted by molar-refractivity contribution is 1.21. The summed E-state index contributed by atoms with van der Waals surface area (Å²) in [6.45, 7) is 0. The van der Waals surface area contributed by atoms with Crippen LogP contribution in [0.4, 0.5) is 0 Å². The Morgan fingerprint density at radius 3 is 1.86 bits per heavy atom. The van der Waals surface area contributed by atoms with Gasteiger partial charge in [0.1, 0.15) is 0 Å². The topological polar surface area (TPSA) is 51.6 Å². The van der Waals surface area contributed by atoms with Crippen LogP contribution in [-0.4, -0.2) is 19.9 Å². The summed E-state index contributed by atoms with van der Waals surface area (Å²) < 4.78 is 0. The second-order valence-corrected chi connectivity index (χ2v) is 10.3. The molecule has 0 N–H and O–H groups in total. The third-order valence-electron chi connectivity index (χ3n) is 7.75. The Hall–Kier alpha value is -5.74. The molecule has 6 aromatic carbocycles. The molecule has 2 heterocycles. The molecule has 0 amide bonds. The molecule has 0 bridgehead atoms. The van der Waals surface area contributed by atoms with Crippen LogP contribution in [0.15, 0.2) is 146 Å². The van der Waals surface area contributed by atoms with Gasteiger partial charge >= 0.3 is 0 Å². The molecule has 0 aliphatic rings. The number of rotatable bonds is 4. The molecule has 0 unspecified atom stereocenters. The molecule has 0 radical (unpaired) electrons. The fourth-order valence-electron chi connectivity index (χ4n) is 5.64. The summed E-state index contributed by atoms with van der Waals surface area (Å²) in [5.41, 5.74) is 7.95. The highest BCUT2D eigenvalue weighted by molar-refractivity contribution is 6.09. The highest BCUT2D eigenvalue weighted by atomic mass is 14.9. The van der Waals surface area contributed by atoms with E-state index < -0.39 is 0 Å². The Kier molecular flexibility index (Phi) is 5.75. The first-order chi connectivity index (χ1) is 20.8. The van der Waals surface area contributed by atoms with Crippen LogP contribution in [0.2, 0.25) is 0 Å². The van der Waals surface area contributed by atoms with Gasteiger partial charge in [-0.25, -0.2) is 19.9 Å². The van der Waals surface area contributed by atoms with E-state index in [1.165, 1.54) is 5.56 Å². The highest BCUT2D eigenvalue weighted by Crippen LogP contribution is 2.35. The molecule has 0 aliphatic carbocycles. The van der Waals surface area contributed by atoms with Crippen LogP contribution in [-0.2, 0) is 0 Å². The number of fused-ring (bicyclic) bond motifs is 4. The molecule has 0 saturated heterocycles. The summed E-state index contributed by atoms with van der Waals surface area (Å²) in [6, 6.07) is 47.8. The predicted molar refractivity (Wildman–Crippen MR) is 172 cm³/mol. The third kappa shape index (κ3) is 4.18. The molecule has 2 aromatic heterocycles. The van der Waals surface area contributed by atoms with Crippen LogP contribution in [0.1, 0.15) is 0 Å². The average molecular weight is 537 g/mol. The standard InChI is InChI=1S/C38H24N4/c1-3-10-25(11-4-1)26-18-20-29(21-19-26)37-39-24-33-34(40-37)23-22-32-35(28-13-5-2-6-14-28)41-38(42-36(32)33)31-17-9-15-27-12-7-8-16-30(27)31/h1-24H. The van der Waals surface area contributed by atoms with Crippen LogP contribution < -0.4 is 0 Å². The maximum Gasteiger partial charge on any atom is 0.161 e. The Labute approximate surface area is 243 Å². The molecule has 0 aliphatic heterocycles. The van der Waals surface area contributed by atoms with Crippen LogP contribution in [0.25, 0.3) is 77.7 Å². The molecule has 8 aromatic rings. The molecule has 196 valence electrons. The first-order valence-corrected chi connectivity index (χ1v) is 14.0. The Morgan fingerprint density at radius 2 is 1.05 bits per heavy atom. The molecule has 4 nitrogen and oxygen atoms in total. The van der Waals surface area contributed by atoms with Gasteiger partial charge in [-0.3, -0.25) is 0 Å². The van der Waals surface area contributed by atoms with Crippen molar-refractivity contribution in [1.82, 2.24) is 19.9 Å². The molecular formula is C38H24N4. The van der Waals surface area contributed by atoms with Gasteiger partial charge in [-0.05, 0) is 34.0 Å². The molecular weight excluding hydrogens is 512 g/mol. The van der Waals surface area contributed by atoms with E-state index in [4.69, 9.17) is 19.9 Å². The van der Waals surface area contributed by atoms with E-state index in [1.807, 2.05) is 30.5 Å². The molecule has 42 heavy (non-hydrogen) atoms. The second kappa shape index (κ2) is 10.0. The lowest BCUT2D eigenvalue weighted by atomic mass is 10.0. The van der Waals surface area contributed by atoms with Gasteiger partial charge in [0.05, 0.1) is 16.7 Å². The maximum atomic E-state index is 5.17. The van der Waals surface area contributed by atoms with Crippen molar-refractivity contribution < 1.29 is 0 Å². The minimum atomic E-state index is 0.686. The lowest BCUT2D eigenvalue weighted by Gasteiger charge is -2.13. The Morgan fingerprint density at radius 1 is 0.381 bits per heavy atom. The van der Waals surface area contributed by atoms with Crippen molar-refractivity contribution in [3.8, 4) is 45.2 Å². The summed E-state index contributed by atoms with van der Waals surface area (Å²) in [7, 11) is 0. The summed E-state index contributed by atoms with van der Waals surface area (Å²) in [4.78, 5) is 20.1. The lowest BCUT2D eigenvalue weighted by Crippen LogP contribution is -1.98. The van der Waals surface area contributed by atoms with Crippen LogP contribution in [0.3, 0.4) is 0 Å². The fourth-order valence-corrected chi connectivity index (χ4v) is 5.64. The van der Waals surface area contributed by atoms with E-state index in [0.717, 1.165) is 60.5 Å². The summed E-state index contributed by atoms with van der Waals surface area (Å²) in [5.74, 6) is 1.37. The van der Waals surface area contributed by atoms with E-state index in [-0.39, 0.29) is 0 Å². The van der Waals surface area contributed by atoms with Crippen LogP contribution >= 0.6 is 0 Å². The van der Waals surface area contributed by atoms with Crippen molar-refractivity contribution in [2.75, 3.05) is 0 Å². The first-order valence-electron chi connectivity index (χ1n) is 14.0. The van der Waals surface area contributed by atoms with E-state index in [2.05, 4.69) is 115 Å². The van der Waals surface area contributed by atoms with Gasteiger partial charge in [0.2, 0.25) is 0 Å². The molecule has 4 heteroatoms. The quantitative estimate of drug-likeness (QED) is 0.210. The Bertz CT molecular complexity index is 2220. The minimum absolute atomic E-state index is 0.686. The zero-order valence-electron chi connectivity index (χ0n) is 22.6. The monoisotopic (exact) mass is 536 g/mol. The molecule has 0 saturated carbocycles. The van der Waals surface area contributed by atoms with Crippen molar-refractivity contribution in [2.45, 2.75) is 0 Å². The normalized spacial score (nSPS) is 11.3. The summed E-state index contributed by atoms with van der Waals surface area (Å²) >= 11 is 0. The molecule has 0 spiro atoms. The van der Waals surface area contributed by atoms with Crippen LogP contribution in [0, 0.1) is 0 Å². The zero-order chi connectivity index (χ0) is 27.9. The van der Waals surface area contributed by atoms with Crippen LogP contribution in [0.5, 0.6) is 0 Å². The third-order valence-corrected chi connectivity index (χ3v) is 7.75. The fraction of sp³-hybridized carbons (Fsp3) is 0. The SMILES string of the molecule is c1ccc(-c2ccc(-c3ncc4c(ccc5c(-c6ccccc6)nc(-c6cccc7ccccc67)nc54)n3)cc2)cc1. The van der Waals surface area contributed by atoms with Gasteiger partial charge in [0.15, 0.2) is 11.6 Å². The molecule has 0 fully saturated rings. The van der Waals surface area contributed by atoms with Gasteiger partial charge in [-0.2, -0.15) is 0 Å². The number of hydrogen-bond acceptors (Lipinski definition) is 4. The highest BCUT2D eigenvalue weighted by Gasteiger charge is 2.16. The summed E-state index contributed by atoms with van der Waals surface area (Å²) in [6.07, 6.45) is 1.90. The van der Waals surface area contributed by atoms with E-state index in [1.54, 1.807) is 0 Å². The van der Waals surface area contributed by atoms with Crippen molar-refractivity contribution in [2.24, 2.45) is 0 Å².